The molecule has 2 aromatic rings. The van der Waals surface area contributed by atoms with Crippen LogP contribution in [0.15, 0.2) is 22.9 Å². The molecule has 4 nitrogen and oxygen atoms in total. The summed E-state index contributed by atoms with van der Waals surface area (Å²) in [4.78, 5) is 11.9. The maximum Gasteiger partial charge on any atom is 0.356 e. The molecule has 0 amide bonds. The highest BCUT2D eigenvalue weighted by atomic mass is 32.1. The number of carbonyl (C=O) groups excluding carboxylic acids is 1. The molecule has 90 valence electrons. The normalized spacial score (nSPS) is 10.5. The minimum atomic E-state index is -0.321. The molecular weight excluding hydrogens is 236 g/mol. The zero-order chi connectivity index (χ0) is 12.3. The van der Waals surface area contributed by atoms with E-state index in [0.717, 1.165) is 11.3 Å². The number of ether oxygens (including phenoxy) is 1. The first-order chi connectivity index (χ1) is 8.20. The molecule has 0 aliphatic heterocycles. The number of carbonyl (C=O) groups is 1. The van der Waals surface area contributed by atoms with Gasteiger partial charge in [0.1, 0.15) is 12.3 Å². The highest BCUT2D eigenvalue weighted by Crippen LogP contribution is 2.10. The van der Waals surface area contributed by atoms with Crippen LogP contribution in [0.1, 0.15) is 28.7 Å². The number of aromatic nitrogens is 2. The maximum absolute atomic E-state index is 11.9. The third-order valence-electron chi connectivity index (χ3n) is 2.36. The molecule has 0 radical (unpaired) electrons. The number of nitrogens with zero attached hydrogens (tertiary/aromatic N) is 2. The van der Waals surface area contributed by atoms with Crippen molar-refractivity contribution in [1.29, 1.82) is 0 Å². The second-order valence-electron chi connectivity index (χ2n) is 3.69. The molecule has 0 fully saturated rings. The molecule has 0 aliphatic carbocycles. The zero-order valence-corrected chi connectivity index (χ0v) is 10.7. The van der Waals surface area contributed by atoms with E-state index < -0.39 is 0 Å². The van der Waals surface area contributed by atoms with Crippen molar-refractivity contribution in [3.05, 3.63) is 39.8 Å². The van der Waals surface area contributed by atoms with Crippen LogP contribution in [0.2, 0.25) is 0 Å². The summed E-state index contributed by atoms with van der Waals surface area (Å²) < 4.78 is 6.89. The predicted octanol–water partition coefficient (Wildman–Crippen LogP) is 2.63. The maximum atomic E-state index is 11.9. The molecule has 2 heterocycles. The Hall–Kier alpha value is -1.62. The summed E-state index contributed by atoms with van der Waals surface area (Å²) >= 11 is 1.59. The molecule has 5 heteroatoms. The van der Waals surface area contributed by atoms with Crippen LogP contribution in [0.4, 0.5) is 0 Å². The van der Waals surface area contributed by atoms with Crippen LogP contribution in [0.3, 0.4) is 0 Å². The first-order valence-electron chi connectivity index (χ1n) is 5.43. The van der Waals surface area contributed by atoms with E-state index in [0.29, 0.717) is 18.8 Å². The lowest BCUT2D eigenvalue weighted by Crippen LogP contribution is -2.12. The van der Waals surface area contributed by atoms with Gasteiger partial charge in [-0.3, -0.25) is 4.68 Å². The highest BCUT2D eigenvalue weighted by molar-refractivity contribution is 7.07. The summed E-state index contributed by atoms with van der Waals surface area (Å²) in [5, 5.41) is 8.14. The minimum Gasteiger partial charge on any atom is -0.456 e. The van der Waals surface area contributed by atoms with E-state index in [2.05, 4.69) is 5.10 Å². The van der Waals surface area contributed by atoms with Crippen LogP contribution < -0.4 is 0 Å². The third kappa shape index (κ3) is 2.74. The van der Waals surface area contributed by atoms with Crippen molar-refractivity contribution in [2.75, 3.05) is 0 Å². The van der Waals surface area contributed by atoms with Gasteiger partial charge in [-0.05, 0) is 36.7 Å². The lowest BCUT2D eigenvalue weighted by Gasteiger charge is -2.04. The lowest BCUT2D eigenvalue weighted by atomic mass is 10.3. The number of aryl methyl sites for hydroxylation is 2. The van der Waals surface area contributed by atoms with Gasteiger partial charge in [-0.15, -0.1) is 0 Å². The van der Waals surface area contributed by atoms with Crippen molar-refractivity contribution in [3.8, 4) is 0 Å². The summed E-state index contributed by atoms with van der Waals surface area (Å²) in [7, 11) is 0. The zero-order valence-electron chi connectivity index (χ0n) is 9.84. The Morgan fingerprint density at radius 1 is 1.59 bits per heavy atom. The van der Waals surface area contributed by atoms with Crippen LogP contribution in [0.5, 0.6) is 0 Å². The number of rotatable bonds is 4. The Morgan fingerprint density at radius 2 is 2.41 bits per heavy atom. The summed E-state index contributed by atoms with van der Waals surface area (Å²) in [6.07, 6.45) is 0. The van der Waals surface area contributed by atoms with Gasteiger partial charge in [-0.2, -0.15) is 16.4 Å². The van der Waals surface area contributed by atoms with Crippen molar-refractivity contribution >= 4 is 17.3 Å². The monoisotopic (exact) mass is 250 g/mol. The molecule has 0 aromatic carbocycles. The van der Waals surface area contributed by atoms with E-state index in [1.807, 2.05) is 30.7 Å². The summed E-state index contributed by atoms with van der Waals surface area (Å²) in [5.41, 5.74) is 2.36. The van der Waals surface area contributed by atoms with Crippen molar-refractivity contribution in [2.24, 2.45) is 0 Å². The number of hydrogen-bond acceptors (Lipinski definition) is 4. The van der Waals surface area contributed by atoms with Crippen molar-refractivity contribution in [2.45, 2.75) is 27.0 Å². The standard InChI is InChI=1S/C12H14N2O2S/c1-3-14-11(6-9(2)13-14)12(15)16-7-10-4-5-17-8-10/h4-6,8H,3,7H2,1-2H3. The topological polar surface area (TPSA) is 44.1 Å². The van der Waals surface area contributed by atoms with Gasteiger partial charge < -0.3 is 4.74 Å². The van der Waals surface area contributed by atoms with E-state index in [1.54, 1.807) is 22.1 Å². The van der Waals surface area contributed by atoms with Crippen LogP contribution in [-0.4, -0.2) is 15.7 Å². The van der Waals surface area contributed by atoms with Gasteiger partial charge in [-0.25, -0.2) is 4.79 Å². The molecular formula is C12H14N2O2S. The van der Waals surface area contributed by atoms with E-state index in [1.165, 1.54) is 0 Å². The van der Waals surface area contributed by atoms with Crippen LogP contribution in [0, 0.1) is 6.92 Å². The molecule has 0 unspecified atom stereocenters. The number of thiophene rings is 1. The predicted molar refractivity (Wildman–Crippen MR) is 66.1 cm³/mol. The van der Waals surface area contributed by atoms with Crippen molar-refractivity contribution < 1.29 is 9.53 Å². The van der Waals surface area contributed by atoms with Gasteiger partial charge in [0.25, 0.3) is 0 Å². The Bertz CT molecular complexity index is 503. The summed E-state index contributed by atoms with van der Waals surface area (Å²) in [6, 6.07) is 3.69. The average molecular weight is 250 g/mol. The van der Waals surface area contributed by atoms with Crippen LogP contribution >= 0.6 is 11.3 Å². The van der Waals surface area contributed by atoms with Crippen molar-refractivity contribution in [3.63, 3.8) is 0 Å². The van der Waals surface area contributed by atoms with Gasteiger partial charge in [0, 0.05) is 12.1 Å². The van der Waals surface area contributed by atoms with Gasteiger partial charge in [0.2, 0.25) is 0 Å². The Morgan fingerprint density at radius 3 is 3.06 bits per heavy atom. The first-order valence-corrected chi connectivity index (χ1v) is 6.37. The van der Waals surface area contributed by atoms with E-state index in [-0.39, 0.29) is 5.97 Å². The third-order valence-corrected chi connectivity index (χ3v) is 3.09. The Labute approximate surface area is 104 Å². The quantitative estimate of drug-likeness (QED) is 0.783. The summed E-state index contributed by atoms with van der Waals surface area (Å²) in [5.74, 6) is -0.321. The minimum absolute atomic E-state index is 0.316. The molecule has 0 spiro atoms. The second-order valence-corrected chi connectivity index (χ2v) is 4.47. The average Bonchev–Trinajstić information content (AvgIpc) is 2.94. The Kier molecular flexibility index (Phi) is 3.58. The van der Waals surface area contributed by atoms with Crippen molar-refractivity contribution in [1.82, 2.24) is 9.78 Å². The number of esters is 1. The van der Waals surface area contributed by atoms with Gasteiger partial charge in [0.05, 0.1) is 5.69 Å². The molecule has 0 atom stereocenters. The number of hydrogen-bond donors (Lipinski definition) is 0. The van der Waals surface area contributed by atoms with E-state index in [9.17, 15) is 4.79 Å². The largest absolute Gasteiger partial charge is 0.456 e. The summed E-state index contributed by atoms with van der Waals surface area (Å²) in [6.45, 7) is 4.79. The van der Waals surface area contributed by atoms with Gasteiger partial charge >= 0.3 is 5.97 Å². The van der Waals surface area contributed by atoms with Gasteiger partial charge in [0.15, 0.2) is 0 Å². The van der Waals surface area contributed by atoms with Crippen LogP contribution in [-0.2, 0) is 17.9 Å². The van der Waals surface area contributed by atoms with Gasteiger partial charge in [-0.1, -0.05) is 0 Å². The lowest BCUT2D eigenvalue weighted by molar-refractivity contribution is 0.0459. The molecule has 0 aliphatic rings. The molecule has 2 aromatic heterocycles. The Balaban J connectivity index is 2.04. The van der Waals surface area contributed by atoms with Crippen LogP contribution in [0.25, 0.3) is 0 Å². The molecule has 0 N–H and O–H groups in total. The first kappa shape index (κ1) is 11.9. The molecule has 17 heavy (non-hydrogen) atoms. The molecule has 0 bridgehead atoms. The molecule has 0 saturated carbocycles. The second kappa shape index (κ2) is 5.14. The fourth-order valence-electron chi connectivity index (χ4n) is 1.55. The molecule has 0 saturated heterocycles. The highest BCUT2D eigenvalue weighted by Gasteiger charge is 2.14. The fourth-order valence-corrected chi connectivity index (χ4v) is 2.20. The fraction of sp³-hybridized carbons (Fsp3) is 0.333. The van der Waals surface area contributed by atoms with E-state index >= 15 is 0 Å². The SMILES string of the molecule is CCn1nc(C)cc1C(=O)OCc1ccsc1. The smallest absolute Gasteiger partial charge is 0.356 e. The molecule has 2 rings (SSSR count). The van der Waals surface area contributed by atoms with E-state index in [4.69, 9.17) is 4.74 Å².